The fourth-order valence-corrected chi connectivity index (χ4v) is 3.01. The Hall–Kier alpha value is -3.67. The molecule has 3 aromatic carbocycles. The lowest BCUT2D eigenvalue weighted by Gasteiger charge is -2.26. The summed E-state index contributed by atoms with van der Waals surface area (Å²) in [5.74, 6) is 1.47. The minimum Gasteiger partial charge on any atom is -0.497 e. The summed E-state index contributed by atoms with van der Waals surface area (Å²) in [7, 11) is 3.29. The van der Waals surface area contributed by atoms with Crippen LogP contribution in [0.25, 0.3) is 0 Å². The fraction of sp³-hybridized carbons (Fsp3) is 0.208. The first-order valence-electron chi connectivity index (χ1n) is 9.63. The minimum absolute atomic E-state index is 0.0980. The van der Waals surface area contributed by atoms with Crippen LogP contribution in [0, 0.1) is 0 Å². The molecule has 0 saturated heterocycles. The van der Waals surface area contributed by atoms with Crippen molar-refractivity contribution in [2.75, 3.05) is 25.7 Å². The summed E-state index contributed by atoms with van der Waals surface area (Å²) < 4.78 is 16.2. The van der Waals surface area contributed by atoms with E-state index in [1.807, 2.05) is 72.8 Å². The van der Waals surface area contributed by atoms with Crippen molar-refractivity contribution in [1.29, 1.82) is 0 Å². The lowest BCUT2D eigenvalue weighted by Crippen LogP contribution is -2.10. The van der Waals surface area contributed by atoms with E-state index in [1.54, 1.807) is 14.2 Å². The number of rotatable bonds is 10. The van der Waals surface area contributed by atoms with Gasteiger partial charge in [0.05, 0.1) is 20.8 Å². The second kappa shape index (κ2) is 10.2. The first-order valence-corrected chi connectivity index (χ1v) is 9.63. The zero-order valence-corrected chi connectivity index (χ0v) is 17.1. The van der Waals surface area contributed by atoms with Gasteiger partial charge in [0.15, 0.2) is 0 Å². The topological polar surface area (TPSA) is 68.2 Å². The number of aliphatic carboxylic acids is 1. The van der Waals surface area contributed by atoms with Gasteiger partial charge in [-0.3, -0.25) is 4.79 Å². The summed E-state index contributed by atoms with van der Waals surface area (Å²) in [5.41, 5.74) is 2.93. The van der Waals surface area contributed by atoms with Gasteiger partial charge in [-0.1, -0.05) is 0 Å². The van der Waals surface area contributed by atoms with Gasteiger partial charge in [-0.15, -0.1) is 0 Å². The van der Waals surface area contributed by atoms with Gasteiger partial charge in [0.25, 0.3) is 0 Å². The van der Waals surface area contributed by atoms with E-state index < -0.39 is 5.97 Å². The van der Waals surface area contributed by atoms with Crippen LogP contribution < -0.4 is 19.1 Å². The standard InChI is InChI=1S/C24H25NO5/c1-28-21-11-5-18(6-12-21)25(19-7-13-22(29-2)14-8-19)20-9-15-23(16-10-20)30-17-3-4-24(26)27/h5-16H,3-4,17H2,1-2H3,(H,26,27). The molecule has 6 nitrogen and oxygen atoms in total. The molecule has 0 unspecified atom stereocenters. The van der Waals surface area contributed by atoms with Gasteiger partial charge in [0.1, 0.15) is 17.2 Å². The maximum Gasteiger partial charge on any atom is 0.303 e. The van der Waals surface area contributed by atoms with E-state index >= 15 is 0 Å². The lowest BCUT2D eigenvalue weighted by molar-refractivity contribution is -0.137. The maximum absolute atomic E-state index is 10.6. The summed E-state index contributed by atoms with van der Waals surface area (Å²) in [4.78, 5) is 12.7. The summed E-state index contributed by atoms with van der Waals surface area (Å²) in [6.07, 6.45) is 0.571. The van der Waals surface area contributed by atoms with Crippen molar-refractivity contribution in [3.63, 3.8) is 0 Å². The highest BCUT2D eigenvalue weighted by atomic mass is 16.5. The van der Waals surface area contributed by atoms with Crippen LogP contribution in [0.2, 0.25) is 0 Å². The lowest BCUT2D eigenvalue weighted by atomic mass is 10.2. The molecule has 0 bridgehead atoms. The van der Waals surface area contributed by atoms with E-state index in [9.17, 15) is 4.79 Å². The molecule has 30 heavy (non-hydrogen) atoms. The van der Waals surface area contributed by atoms with Crippen molar-refractivity contribution >= 4 is 23.0 Å². The Bertz CT molecular complexity index is 889. The first kappa shape index (κ1) is 21.0. The zero-order chi connectivity index (χ0) is 21.3. The summed E-state index contributed by atoms with van der Waals surface area (Å²) in [6, 6.07) is 23.4. The predicted molar refractivity (Wildman–Crippen MR) is 117 cm³/mol. The molecule has 0 fully saturated rings. The summed E-state index contributed by atoms with van der Waals surface area (Å²) in [5, 5.41) is 8.71. The van der Waals surface area contributed by atoms with Crippen molar-refractivity contribution in [3.05, 3.63) is 72.8 Å². The molecule has 0 heterocycles. The molecule has 0 aromatic heterocycles. The van der Waals surface area contributed by atoms with Crippen LogP contribution >= 0.6 is 0 Å². The maximum atomic E-state index is 10.6. The van der Waals surface area contributed by atoms with Gasteiger partial charge < -0.3 is 24.2 Å². The highest BCUT2D eigenvalue weighted by molar-refractivity contribution is 5.77. The molecule has 156 valence electrons. The molecule has 0 saturated carbocycles. The summed E-state index contributed by atoms with van der Waals surface area (Å²) in [6.45, 7) is 0.367. The molecule has 0 aliphatic rings. The van der Waals surface area contributed by atoms with Gasteiger partial charge in [-0.05, 0) is 79.2 Å². The molecular formula is C24H25NO5. The normalized spacial score (nSPS) is 10.3. The van der Waals surface area contributed by atoms with Crippen molar-refractivity contribution in [2.45, 2.75) is 12.8 Å². The Morgan fingerprint density at radius 2 is 1.13 bits per heavy atom. The third-order valence-corrected chi connectivity index (χ3v) is 4.56. The number of anilines is 3. The number of hydrogen-bond donors (Lipinski definition) is 1. The Balaban J connectivity index is 1.84. The highest BCUT2D eigenvalue weighted by Gasteiger charge is 2.13. The van der Waals surface area contributed by atoms with Gasteiger partial charge in [-0.2, -0.15) is 0 Å². The molecule has 3 rings (SSSR count). The zero-order valence-electron chi connectivity index (χ0n) is 17.1. The van der Waals surface area contributed by atoms with Crippen LogP contribution in [-0.2, 0) is 4.79 Å². The third-order valence-electron chi connectivity index (χ3n) is 4.56. The van der Waals surface area contributed by atoms with Crippen molar-refractivity contribution in [2.24, 2.45) is 0 Å². The van der Waals surface area contributed by atoms with Crippen LogP contribution in [0.1, 0.15) is 12.8 Å². The summed E-state index contributed by atoms with van der Waals surface area (Å²) >= 11 is 0. The fourth-order valence-electron chi connectivity index (χ4n) is 3.01. The number of methoxy groups -OCH3 is 2. The Morgan fingerprint density at radius 1 is 0.733 bits per heavy atom. The molecule has 0 aliphatic heterocycles. The molecular weight excluding hydrogens is 382 g/mol. The van der Waals surface area contributed by atoms with Crippen molar-refractivity contribution in [3.8, 4) is 17.2 Å². The Labute approximate surface area is 176 Å². The van der Waals surface area contributed by atoms with E-state index in [-0.39, 0.29) is 6.42 Å². The molecule has 0 spiro atoms. The average molecular weight is 407 g/mol. The monoisotopic (exact) mass is 407 g/mol. The van der Waals surface area contributed by atoms with Crippen LogP contribution in [0.5, 0.6) is 17.2 Å². The van der Waals surface area contributed by atoms with E-state index in [0.717, 1.165) is 28.6 Å². The molecule has 3 aromatic rings. The number of carboxylic acid groups (broad SMARTS) is 1. The second-order valence-corrected chi connectivity index (χ2v) is 6.57. The van der Waals surface area contributed by atoms with Gasteiger partial charge >= 0.3 is 5.97 Å². The average Bonchev–Trinajstić information content (AvgIpc) is 2.78. The number of nitrogens with zero attached hydrogens (tertiary/aromatic N) is 1. The molecule has 0 atom stereocenters. The van der Waals surface area contributed by atoms with Crippen molar-refractivity contribution in [1.82, 2.24) is 0 Å². The van der Waals surface area contributed by atoms with Gasteiger partial charge in [0.2, 0.25) is 0 Å². The van der Waals surface area contributed by atoms with Gasteiger partial charge in [0, 0.05) is 23.5 Å². The number of ether oxygens (including phenoxy) is 3. The van der Waals surface area contributed by atoms with E-state index in [1.165, 1.54) is 0 Å². The van der Waals surface area contributed by atoms with E-state index in [2.05, 4.69) is 4.90 Å². The smallest absolute Gasteiger partial charge is 0.303 e. The molecule has 6 heteroatoms. The van der Waals surface area contributed by atoms with Crippen molar-refractivity contribution < 1.29 is 24.1 Å². The highest BCUT2D eigenvalue weighted by Crippen LogP contribution is 2.36. The van der Waals surface area contributed by atoms with E-state index in [4.69, 9.17) is 19.3 Å². The predicted octanol–water partition coefficient (Wildman–Crippen LogP) is 5.42. The second-order valence-electron chi connectivity index (χ2n) is 6.57. The van der Waals surface area contributed by atoms with E-state index in [0.29, 0.717) is 18.8 Å². The largest absolute Gasteiger partial charge is 0.497 e. The molecule has 0 radical (unpaired) electrons. The Morgan fingerprint density at radius 3 is 1.50 bits per heavy atom. The molecule has 0 amide bonds. The number of carboxylic acids is 1. The quantitative estimate of drug-likeness (QED) is 0.453. The molecule has 1 N–H and O–H groups in total. The SMILES string of the molecule is COc1ccc(N(c2ccc(OC)cc2)c2ccc(OCCCC(=O)O)cc2)cc1. The molecule has 0 aliphatic carbocycles. The van der Waals surface area contributed by atoms with Crippen LogP contribution in [-0.4, -0.2) is 31.9 Å². The van der Waals surface area contributed by atoms with Crippen LogP contribution in [0.4, 0.5) is 17.1 Å². The van der Waals surface area contributed by atoms with Crippen LogP contribution in [0.3, 0.4) is 0 Å². The number of benzene rings is 3. The first-order chi connectivity index (χ1) is 14.6. The number of hydrogen-bond acceptors (Lipinski definition) is 5. The minimum atomic E-state index is -0.816. The van der Waals surface area contributed by atoms with Gasteiger partial charge in [-0.25, -0.2) is 0 Å². The van der Waals surface area contributed by atoms with Crippen LogP contribution in [0.15, 0.2) is 72.8 Å². The third kappa shape index (κ3) is 5.44. The Kier molecular flexibility index (Phi) is 7.16. The number of carbonyl (C=O) groups is 1.